The molecular formula is C12H25NO2. The maximum absolute atomic E-state index is 10.6. The van der Waals surface area contributed by atoms with Gasteiger partial charge in [0.15, 0.2) is 0 Å². The number of nitrogens with two attached hydrogens (primary N) is 1. The van der Waals surface area contributed by atoms with Crippen molar-refractivity contribution < 1.29 is 9.90 Å². The van der Waals surface area contributed by atoms with Crippen LogP contribution < -0.4 is 5.73 Å². The molecule has 0 aliphatic heterocycles. The molecule has 1 rings (SSSR count). The maximum Gasteiger partial charge on any atom is 0.306 e. The van der Waals surface area contributed by atoms with Gasteiger partial charge in [-0.25, -0.2) is 0 Å². The molecule has 0 aromatic heterocycles. The van der Waals surface area contributed by atoms with Crippen molar-refractivity contribution >= 4 is 5.97 Å². The van der Waals surface area contributed by atoms with E-state index in [1.807, 2.05) is 0 Å². The Morgan fingerprint density at radius 3 is 2.20 bits per heavy atom. The average molecular weight is 215 g/mol. The number of carbonyl (C=O) groups is 1. The van der Waals surface area contributed by atoms with Gasteiger partial charge in [-0.2, -0.15) is 0 Å². The van der Waals surface area contributed by atoms with Gasteiger partial charge in [0.25, 0.3) is 0 Å². The van der Waals surface area contributed by atoms with E-state index in [4.69, 9.17) is 10.8 Å². The monoisotopic (exact) mass is 215 g/mol. The molecule has 0 bridgehead atoms. The van der Waals surface area contributed by atoms with Crippen LogP contribution in [0.2, 0.25) is 0 Å². The van der Waals surface area contributed by atoms with Crippen molar-refractivity contribution in [3.63, 3.8) is 0 Å². The predicted molar refractivity (Wildman–Crippen MR) is 62.7 cm³/mol. The standard InChI is InChI=1S/C8H15NO2.C4H10/c9-7-3-1-2-6(4-5-7)8(10)11;1-4(2)3/h6-7H,1-5,9H2,(H,10,11);4H,1-3H3/t6-,7+;/m1./s1. The number of aliphatic carboxylic acids is 1. The Balaban J connectivity index is 0.000000423. The SMILES string of the molecule is CC(C)C.N[C@H]1CCC[C@@H](C(=O)O)CC1. The smallest absolute Gasteiger partial charge is 0.306 e. The van der Waals surface area contributed by atoms with Crippen LogP contribution in [0.1, 0.15) is 52.9 Å². The molecule has 0 heterocycles. The summed E-state index contributed by atoms with van der Waals surface area (Å²) in [7, 11) is 0. The van der Waals surface area contributed by atoms with Crippen LogP contribution in [0.5, 0.6) is 0 Å². The van der Waals surface area contributed by atoms with Crippen molar-refractivity contribution in [1.82, 2.24) is 0 Å². The summed E-state index contributed by atoms with van der Waals surface area (Å²) >= 11 is 0. The van der Waals surface area contributed by atoms with Crippen molar-refractivity contribution in [3.05, 3.63) is 0 Å². The summed E-state index contributed by atoms with van der Waals surface area (Å²) in [4.78, 5) is 10.6. The van der Waals surface area contributed by atoms with E-state index in [0.717, 1.165) is 38.0 Å². The Kier molecular flexibility index (Phi) is 7.39. The lowest BCUT2D eigenvalue weighted by Crippen LogP contribution is -2.19. The molecular weight excluding hydrogens is 190 g/mol. The zero-order valence-electron chi connectivity index (χ0n) is 10.2. The van der Waals surface area contributed by atoms with Crippen molar-refractivity contribution in [2.24, 2.45) is 17.6 Å². The van der Waals surface area contributed by atoms with Crippen molar-refractivity contribution in [2.75, 3.05) is 0 Å². The van der Waals surface area contributed by atoms with Gasteiger partial charge in [-0.05, 0) is 31.6 Å². The van der Waals surface area contributed by atoms with Crippen molar-refractivity contribution in [1.29, 1.82) is 0 Å². The average Bonchev–Trinajstić information content (AvgIpc) is 2.28. The number of hydrogen-bond donors (Lipinski definition) is 2. The van der Waals surface area contributed by atoms with Crippen LogP contribution in [0.3, 0.4) is 0 Å². The first kappa shape index (κ1) is 14.4. The summed E-state index contributed by atoms with van der Waals surface area (Å²) in [6.45, 7) is 6.50. The lowest BCUT2D eigenvalue weighted by atomic mass is 10.0. The van der Waals surface area contributed by atoms with Crippen LogP contribution in [0.4, 0.5) is 0 Å². The van der Waals surface area contributed by atoms with Gasteiger partial charge in [0.2, 0.25) is 0 Å². The highest BCUT2D eigenvalue weighted by Gasteiger charge is 2.21. The van der Waals surface area contributed by atoms with Crippen LogP contribution in [-0.2, 0) is 4.79 Å². The summed E-state index contributed by atoms with van der Waals surface area (Å²) in [5, 5.41) is 8.71. The molecule has 2 atom stereocenters. The van der Waals surface area contributed by atoms with Gasteiger partial charge in [0.1, 0.15) is 0 Å². The molecule has 0 radical (unpaired) electrons. The second-order valence-electron chi connectivity index (χ2n) is 5.04. The normalized spacial score (nSPS) is 26.5. The molecule has 1 saturated carbocycles. The fourth-order valence-electron chi connectivity index (χ4n) is 1.58. The van der Waals surface area contributed by atoms with Crippen LogP contribution in [0, 0.1) is 11.8 Å². The number of carboxylic acid groups (broad SMARTS) is 1. The summed E-state index contributed by atoms with van der Waals surface area (Å²) in [6, 6.07) is 0.236. The van der Waals surface area contributed by atoms with E-state index >= 15 is 0 Å². The van der Waals surface area contributed by atoms with E-state index in [1.165, 1.54) is 0 Å². The van der Waals surface area contributed by atoms with Crippen LogP contribution in [0.15, 0.2) is 0 Å². The first-order chi connectivity index (χ1) is 6.93. The molecule has 3 heteroatoms. The van der Waals surface area contributed by atoms with Crippen LogP contribution >= 0.6 is 0 Å². The fraction of sp³-hybridized carbons (Fsp3) is 0.917. The third-order valence-corrected chi connectivity index (χ3v) is 2.36. The Morgan fingerprint density at radius 1 is 1.20 bits per heavy atom. The summed E-state index contributed by atoms with van der Waals surface area (Å²) in [5.74, 6) is 0.0441. The second-order valence-corrected chi connectivity index (χ2v) is 5.04. The number of hydrogen-bond acceptors (Lipinski definition) is 2. The highest BCUT2D eigenvalue weighted by atomic mass is 16.4. The lowest BCUT2D eigenvalue weighted by molar-refractivity contribution is -0.142. The zero-order valence-corrected chi connectivity index (χ0v) is 10.2. The fourth-order valence-corrected chi connectivity index (χ4v) is 1.58. The molecule has 0 saturated heterocycles. The summed E-state index contributed by atoms with van der Waals surface area (Å²) in [6.07, 6.45) is 4.40. The van der Waals surface area contributed by atoms with E-state index in [9.17, 15) is 4.79 Å². The molecule has 90 valence electrons. The van der Waals surface area contributed by atoms with Crippen molar-refractivity contribution in [3.8, 4) is 0 Å². The largest absolute Gasteiger partial charge is 0.481 e. The minimum atomic E-state index is -0.654. The van der Waals surface area contributed by atoms with Crippen molar-refractivity contribution in [2.45, 2.75) is 58.9 Å². The molecule has 0 amide bonds. The van der Waals surface area contributed by atoms with E-state index in [0.29, 0.717) is 0 Å². The van der Waals surface area contributed by atoms with E-state index in [1.54, 1.807) is 0 Å². The van der Waals surface area contributed by atoms with E-state index in [-0.39, 0.29) is 12.0 Å². The maximum atomic E-state index is 10.6. The Morgan fingerprint density at radius 2 is 1.73 bits per heavy atom. The lowest BCUT2D eigenvalue weighted by Gasteiger charge is -2.07. The Hall–Kier alpha value is -0.570. The third kappa shape index (κ3) is 8.43. The molecule has 0 aromatic rings. The first-order valence-electron chi connectivity index (χ1n) is 5.91. The van der Waals surface area contributed by atoms with E-state index in [2.05, 4.69) is 20.8 Å². The van der Waals surface area contributed by atoms with Gasteiger partial charge >= 0.3 is 5.97 Å². The molecule has 3 N–H and O–H groups in total. The number of carboxylic acids is 1. The highest BCUT2D eigenvalue weighted by molar-refractivity contribution is 5.69. The second kappa shape index (κ2) is 7.69. The molecule has 0 unspecified atom stereocenters. The van der Waals surface area contributed by atoms with E-state index < -0.39 is 5.97 Å². The number of rotatable bonds is 1. The molecule has 1 aliphatic carbocycles. The minimum Gasteiger partial charge on any atom is -0.481 e. The molecule has 0 aromatic carbocycles. The quantitative estimate of drug-likeness (QED) is 0.661. The Labute approximate surface area is 93.0 Å². The minimum absolute atomic E-state index is 0.136. The Bertz CT molecular complexity index is 178. The zero-order chi connectivity index (χ0) is 11.8. The molecule has 15 heavy (non-hydrogen) atoms. The molecule has 0 spiro atoms. The van der Waals surface area contributed by atoms with Crippen LogP contribution in [0.25, 0.3) is 0 Å². The molecule has 3 nitrogen and oxygen atoms in total. The third-order valence-electron chi connectivity index (χ3n) is 2.36. The van der Waals surface area contributed by atoms with Gasteiger partial charge in [-0.15, -0.1) is 0 Å². The van der Waals surface area contributed by atoms with Gasteiger partial charge in [0.05, 0.1) is 5.92 Å². The van der Waals surface area contributed by atoms with Crippen LogP contribution in [-0.4, -0.2) is 17.1 Å². The van der Waals surface area contributed by atoms with Gasteiger partial charge in [-0.1, -0.05) is 27.2 Å². The van der Waals surface area contributed by atoms with Gasteiger partial charge in [0, 0.05) is 6.04 Å². The topological polar surface area (TPSA) is 63.3 Å². The summed E-state index contributed by atoms with van der Waals surface area (Å²) in [5.41, 5.74) is 5.70. The highest BCUT2D eigenvalue weighted by Crippen LogP contribution is 2.22. The molecule has 1 aliphatic rings. The predicted octanol–water partition coefficient (Wildman–Crippen LogP) is 2.64. The first-order valence-corrected chi connectivity index (χ1v) is 5.91. The summed E-state index contributed by atoms with van der Waals surface area (Å²) < 4.78 is 0. The molecule has 1 fully saturated rings. The van der Waals surface area contributed by atoms with Gasteiger partial charge < -0.3 is 10.8 Å². The van der Waals surface area contributed by atoms with Gasteiger partial charge in [-0.3, -0.25) is 4.79 Å².